The lowest BCUT2D eigenvalue weighted by atomic mass is 10.2. The molecule has 2 rings (SSSR count). The highest BCUT2D eigenvalue weighted by molar-refractivity contribution is 5.62. The summed E-state index contributed by atoms with van der Waals surface area (Å²) in [6, 6.07) is 0.330. The summed E-state index contributed by atoms with van der Waals surface area (Å²) >= 11 is 0. The second-order valence-electron chi connectivity index (χ2n) is 5.37. The van der Waals surface area contributed by atoms with Gasteiger partial charge in [-0.3, -0.25) is 10.1 Å². The normalized spacial score (nSPS) is 19.6. The summed E-state index contributed by atoms with van der Waals surface area (Å²) in [5, 5.41) is 14.4. The third-order valence-corrected chi connectivity index (χ3v) is 3.82. The summed E-state index contributed by atoms with van der Waals surface area (Å²) < 4.78 is 0. The zero-order chi connectivity index (χ0) is 15.6. The van der Waals surface area contributed by atoms with E-state index in [4.69, 9.17) is 0 Å². The number of rotatable bonds is 4. The first-order chi connectivity index (χ1) is 9.93. The molecule has 1 aliphatic rings. The van der Waals surface area contributed by atoms with E-state index in [1.54, 1.807) is 6.92 Å². The Labute approximate surface area is 124 Å². The molecule has 8 nitrogen and oxygen atoms in total. The minimum absolute atomic E-state index is 0.00778. The zero-order valence-corrected chi connectivity index (χ0v) is 13.0. The molecule has 2 heterocycles. The van der Waals surface area contributed by atoms with Crippen molar-refractivity contribution in [2.24, 2.45) is 0 Å². The van der Waals surface area contributed by atoms with Crippen LogP contribution in [0.15, 0.2) is 0 Å². The molecule has 0 radical (unpaired) electrons. The molecule has 1 aromatic rings. The fraction of sp³-hybridized carbons (Fsp3) is 0.692. The Morgan fingerprint density at radius 2 is 2.14 bits per heavy atom. The number of hydrogen-bond donors (Lipinski definition) is 1. The van der Waals surface area contributed by atoms with E-state index in [1.807, 2.05) is 11.8 Å². The summed E-state index contributed by atoms with van der Waals surface area (Å²) in [6.45, 7) is 8.69. The molecule has 0 amide bonds. The lowest BCUT2D eigenvalue weighted by molar-refractivity contribution is -0.385. The van der Waals surface area contributed by atoms with Crippen molar-refractivity contribution in [3.05, 3.63) is 15.8 Å². The number of piperazine rings is 1. The van der Waals surface area contributed by atoms with Gasteiger partial charge in [0.25, 0.3) is 0 Å². The van der Waals surface area contributed by atoms with Crippen LogP contribution in [-0.2, 0) is 0 Å². The van der Waals surface area contributed by atoms with E-state index >= 15 is 0 Å². The van der Waals surface area contributed by atoms with Crippen LogP contribution in [0.5, 0.6) is 0 Å². The molecule has 1 unspecified atom stereocenters. The smallest absolute Gasteiger partial charge is 0.332 e. The van der Waals surface area contributed by atoms with E-state index in [0.29, 0.717) is 30.0 Å². The SMILES string of the molecule is CCNc1nc(C)c([N+](=O)[O-])c(N2CCN(C)C(C)C2)n1. The van der Waals surface area contributed by atoms with Gasteiger partial charge in [-0.15, -0.1) is 0 Å². The molecule has 1 N–H and O–H groups in total. The number of hydrogen-bond acceptors (Lipinski definition) is 7. The minimum Gasteiger partial charge on any atom is -0.354 e. The summed E-state index contributed by atoms with van der Waals surface area (Å²) in [5.41, 5.74) is 0.404. The fourth-order valence-electron chi connectivity index (χ4n) is 2.46. The second kappa shape index (κ2) is 6.21. The van der Waals surface area contributed by atoms with E-state index in [2.05, 4.69) is 34.2 Å². The van der Waals surface area contributed by atoms with E-state index < -0.39 is 0 Å². The van der Waals surface area contributed by atoms with Crippen LogP contribution in [0.4, 0.5) is 17.5 Å². The summed E-state index contributed by atoms with van der Waals surface area (Å²) in [5.74, 6) is 0.866. The summed E-state index contributed by atoms with van der Waals surface area (Å²) in [6.07, 6.45) is 0. The number of nitrogens with zero attached hydrogens (tertiary/aromatic N) is 5. The van der Waals surface area contributed by atoms with Gasteiger partial charge in [-0.1, -0.05) is 0 Å². The van der Waals surface area contributed by atoms with Crippen molar-refractivity contribution in [3.63, 3.8) is 0 Å². The summed E-state index contributed by atoms with van der Waals surface area (Å²) in [7, 11) is 2.06. The maximum Gasteiger partial charge on any atom is 0.332 e. The van der Waals surface area contributed by atoms with Crippen LogP contribution in [0.1, 0.15) is 19.5 Å². The van der Waals surface area contributed by atoms with Crippen molar-refractivity contribution in [2.45, 2.75) is 26.8 Å². The molecule has 1 aliphatic heterocycles. The van der Waals surface area contributed by atoms with Gasteiger partial charge in [-0.25, -0.2) is 4.98 Å². The Morgan fingerprint density at radius 3 is 2.71 bits per heavy atom. The monoisotopic (exact) mass is 294 g/mol. The van der Waals surface area contributed by atoms with E-state index in [-0.39, 0.29) is 10.6 Å². The van der Waals surface area contributed by atoms with Gasteiger partial charge in [0.15, 0.2) is 0 Å². The van der Waals surface area contributed by atoms with Crippen LogP contribution >= 0.6 is 0 Å². The number of nitro groups is 1. The second-order valence-corrected chi connectivity index (χ2v) is 5.37. The highest BCUT2D eigenvalue weighted by atomic mass is 16.6. The van der Waals surface area contributed by atoms with Gasteiger partial charge < -0.3 is 15.1 Å². The maximum atomic E-state index is 11.4. The fourth-order valence-corrected chi connectivity index (χ4v) is 2.46. The molecular formula is C13H22N6O2. The zero-order valence-electron chi connectivity index (χ0n) is 13.0. The van der Waals surface area contributed by atoms with Gasteiger partial charge in [-0.05, 0) is 27.8 Å². The number of aromatic nitrogens is 2. The lowest BCUT2D eigenvalue weighted by Gasteiger charge is -2.38. The highest BCUT2D eigenvalue weighted by Crippen LogP contribution is 2.31. The number of anilines is 2. The Bertz CT molecular complexity index is 536. The predicted molar refractivity (Wildman–Crippen MR) is 81.9 cm³/mol. The topological polar surface area (TPSA) is 87.4 Å². The van der Waals surface area contributed by atoms with E-state index in [1.165, 1.54) is 0 Å². The average Bonchev–Trinajstić information content (AvgIpc) is 2.41. The molecule has 1 aromatic heterocycles. The lowest BCUT2D eigenvalue weighted by Crippen LogP contribution is -2.50. The molecule has 0 aliphatic carbocycles. The highest BCUT2D eigenvalue weighted by Gasteiger charge is 2.30. The molecule has 0 saturated carbocycles. The molecule has 21 heavy (non-hydrogen) atoms. The number of likely N-dealkylation sites (N-methyl/N-ethyl adjacent to an activating group) is 1. The Hall–Kier alpha value is -1.96. The van der Waals surface area contributed by atoms with Crippen LogP contribution in [0, 0.1) is 17.0 Å². The maximum absolute atomic E-state index is 11.4. The van der Waals surface area contributed by atoms with E-state index in [0.717, 1.165) is 19.6 Å². The first-order valence-electron chi connectivity index (χ1n) is 7.16. The number of nitrogens with one attached hydrogen (secondary N) is 1. The molecule has 116 valence electrons. The standard InChI is InChI=1S/C13H22N6O2/c1-5-14-13-15-10(3)11(19(20)21)12(16-13)18-7-6-17(4)9(2)8-18/h9H,5-8H2,1-4H3,(H,14,15,16). The molecule has 1 fully saturated rings. The van der Waals surface area contributed by atoms with Crippen LogP contribution < -0.4 is 10.2 Å². The van der Waals surface area contributed by atoms with Crippen LogP contribution in [0.25, 0.3) is 0 Å². The van der Waals surface area contributed by atoms with Crippen LogP contribution in [0.3, 0.4) is 0 Å². The first-order valence-corrected chi connectivity index (χ1v) is 7.16. The summed E-state index contributed by atoms with van der Waals surface area (Å²) in [4.78, 5) is 23.7. The predicted octanol–water partition coefficient (Wildman–Crippen LogP) is 1.27. The Morgan fingerprint density at radius 1 is 1.43 bits per heavy atom. The number of aryl methyl sites for hydroxylation is 1. The van der Waals surface area contributed by atoms with Gasteiger partial charge in [0.1, 0.15) is 5.69 Å². The van der Waals surface area contributed by atoms with Gasteiger partial charge in [0.2, 0.25) is 11.8 Å². The first kappa shape index (κ1) is 15.4. The molecule has 1 atom stereocenters. The quantitative estimate of drug-likeness (QED) is 0.660. The third kappa shape index (κ3) is 3.21. The van der Waals surface area contributed by atoms with Gasteiger partial charge >= 0.3 is 5.69 Å². The largest absolute Gasteiger partial charge is 0.354 e. The minimum atomic E-state index is -0.386. The van der Waals surface area contributed by atoms with Crippen molar-refractivity contribution < 1.29 is 4.92 Å². The van der Waals surface area contributed by atoms with E-state index in [9.17, 15) is 10.1 Å². The third-order valence-electron chi connectivity index (χ3n) is 3.82. The van der Waals surface area contributed by atoms with Gasteiger partial charge in [0, 0.05) is 32.2 Å². The molecule has 8 heteroatoms. The van der Waals surface area contributed by atoms with Crippen molar-refractivity contribution in [2.75, 3.05) is 43.4 Å². The van der Waals surface area contributed by atoms with Crippen LogP contribution in [-0.4, -0.2) is 59.1 Å². The van der Waals surface area contributed by atoms with Crippen molar-refractivity contribution in [1.82, 2.24) is 14.9 Å². The molecule has 1 saturated heterocycles. The van der Waals surface area contributed by atoms with Crippen molar-refractivity contribution >= 4 is 17.5 Å². The van der Waals surface area contributed by atoms with Crippen LogP contribution in [0.2, 0.25) is 0 Å². The Kier molecular flexibility index (Phi) is 4.56. The van der Waals surface area contributed by atoms with Crippen molar-refractivity contribution in [3.8, 4) is 0 Å². The Balaban J connectivity index is 2.42. The molecule has 0 spiro atoms. The molecular weight excluding hydrogens is 272 g/mol. The van der Waals surface area contributed by atoms with Gasteiger partial charge in [0.05, 0.1) is 4.92 Å². The average molecular weight is 294 g/mol. The molecule has 0 bridgehead atoms. The molecule has 0 aromatic carbocycles. The van der Waals surface area contributed by atoms with Gasteiger partial charge in [-0.2, -0.15) is 4.98 Å². The van der Waals surface area contributed by atoms with Crippen molar-refractivity contribution in [1.29, 1.82) is 0 Å².